The number of benzene rings is 4. The van der Waals surface area contributed by atoms with Gasteiger partial charge in [0.25, 0.3) is 5.91 Å². The summed E-state index contributed by atoms with van der Waals surface area (Å²) >= 11 is 6.35. The molecule has 2 N–H and O–H groups in total. The highest BCUT2D eigenvalue weighted by Crippen LogP contribution is 2.44. The van der Waals surface area contributed by atoms with Crippen molar-refractivity contribution in [3.05, 3.63) is 112 Å². The van der Waals surface area contributed by atoms with Crippen LogP contribution in [0.5, 0.6) is 11.5 Å². The third kappa shape index (κ3) is 15.0. The Labute approximate surface area is 476 Å². The summed E-state index contributed by atoms with van der Waals surface area (Å²) in [5, 5.41) is 6.34. The third-order valence-corrected chi connectivity index (χ3v) is 16.2. The number of methoxy groups -OCH3 is 1. The fraction of sp³-hybridized carbons (Fsp3) is 0.541. The van der Waals surface area contributed by atoms with E-state index < -0.39 is 11.9 Å². The van der Waals surface area contributed by atoms with E-state index in [4.69, 9.17) is 44.8 Å². The van der Waals surface area contributed by atoms with Crippen molar-refractivity contribution < 1.29 is 52.3 Å². The number of halogens is 1. The highest BCUT2D eigenvalue weighted by atomic mass is 35.5. The molecule has 9 rings (SSSR count). The monoisotopic (exact) mass is 1120 g/mol. The van der Waals surface area contributed by atoms with E-state index in [1.165, 1.54) is 12.8 Å². The lowest BCUT2D eigenvalue weighted by molar-refractivity contribution is -0.137. The number of carbonyl (C=O) groups is 4. The van der Waals surface area contributed by atoms with E-state index in [1.54, 1.807) is 18.1 Å². The number of rotatable bonds is 28. The average Bonchev–Trinajstić information content (AvgIpc) is 3.92. The number of imide groups is 1. The van der Waals surface area contributed by atoms with Crippen LogP contribution in [0.15, 0.2) is 78.9 Å². The summed E-state index contributed by atoms with van der Waals surface area (Å²) in [7, 11) is 3.84. The number of fused-ring (bicyclic) bond motifs is 2. The summed E-state index contributed by atoms with van der Waals surface area (Å²) in [5.74, 6) is 0.393. The maximum atomic E-state index is 14.1. The van der Waals surface area contributed by atoms with Crippen LogP contribution >= 0.6 is 11.6 Å². The van der Waals surface area contributed by atoms with Crippen LogP contribution in [-0.2, 0) is 51.0 Å². The van der Waals surface area contributed by atoms with Crippen molar-refractivity contribution in [2.24, 2.45) is 0 Å². The zero-order valence-electron chi connectivity index (χ0n) is 47.0. The molecule has 18 nitrogen and oxygen atoms in total. The summed E-state index contributed by atoms with van der Waals surface area (Å²) in [5.41, 5.74) is 7.17. The number of nitrogens with one attached hydrogen (secondary N) is 2. The number of carbonyl (C=O) groups excluding carboxylic acids is 4. The number of amides is 4. The first-order valence-electron chi connectivity index (χ1n) is 28.6. The van der Waals surface area contributed by atoms with Gasteiger partial charge in [0.1, 0.15) is 6.04 Å². The van der Waals surface area contributed by atoms with E-state index in [-0.39, 0.29) is 42.7 Å². The first kappa shape index (κ1) is 58.8. The second-order valence-corrected chi connectivity index (χ2v) is 21.9. The average molecular weight is 1120 g/mol. The van der Waals surface area contributed by atoms with Gasteiger partial charge in [0.2, 0.25) is 17.7 Å². The van der Waals surface area contributed by atoms with Gasteiger partial charge in [-0.15, -0.1) is 0 Å². The number of ether oxygens (including phenoxy) is 7. The molecule has 1 aliphatic carbocycles. The van der Waals surface area contributed by atoms with Gasteiger partial charge in [-0.1, -0.05) is 29.8 Å². The molecule has 0 aromatic heterocycles. The number of hydrogen-bond donors (Lipinski definition) is 2. The Hall–Kier alpha value is -5.83. The molecule has 80 heavy (non-hydrogen) atoms. The van der Waals surface area contributed by atoms with Gasteiger partial charge in [-0.3, -0.25) is 34.3 Å². The molecule has 2 atom stereocenters. The van der Waals surface area contributed by atoms with Gasteiger partial charge in [-0.05, 0) is 123 Å². The minimum atomic E-state index is -0.642. The van der Waals surface area contributed by atoms with Crippen LogP contribution in [0.25, 0.3) is 0 Å². The van der Waals surface area contributed by atoms with Crippen molar-refractivity contribution in [2.75, 3.05) is 135 Å². The highest BCUT2D eigenvalue weighted by molar-refractivity contribution is 6.30. The number of anilines is 3. The minimum Gasteiger partial charge on any atom is -0.493 e. The van der Waals surface area contributed by atoms with Gasteiger partial charge in [-0.2, -0.15) is 0 Å². The van der Waals surface area contributed by atoms with Crippen LogP contribution in [0.2, 0.25) is 5.02 Å². The van der Waals surface area contributed by atoms with E-state index in [1.807, 2.05) is 67.3 Å². The zero-order valence-corrected chi connectivity index (χ0v) is 47.7. The summed E-state index contributed by atoms with van der Waals surface area (Å²) in [6.07, 6.45) is 5.43. The highest BCUT2D eigenvalue weighted by Gasteiger charge is 2.40. The Balaban J connectivity index is 0.588. The molecule has 1 unspecified atom stereocenters. The summed E-state index contributed by atoms with van der Waals surface area (Å²) < 4.78 is 40.5. The molecule has 1 saturated carbocycles. The van der Waals surface area contributed by atoms with Crippen molar-refractivity contribution in [1.29, 1.82) is 0 Å². The molecule has 432 valence electrons. The molecule has 0 spiro atoms. The molecule has 4 aromatic carbocycles. The summed E-state index contributed by atoms with van der Waals surface area (Å²) in [6.45, 7) is 15.1. The quantitative estimate of drug-likeness (QED) is 0.0434. The number of nitrogens with zero attached hydrogens (tertiary/aromatic N) is 5. The maximum Gasteiger partial charge on any atom is 0.255 e. The molecule has 5 aliphatic rings. The van der Waals surface area contributed by atoms with E-state index in [9.17, 15) is 19.2 Å². The van der Waals surface area contributed by atoms with Crippen molar-refractivity contribution >= 4 is 52.3 Å². The van der Waals surface area contributed by atoms with Gasteiger partial charge in [0.15, 0.2) is 11.5 Å². The third-order valence-electron chi connectivity index (χ3n) is 16.0. The molecular weight excluding hydrogens is 1040 g/mol. The SMILES string of the molecule is COc1cc2c(cc1OC(C)C)[C@H](c1ccc(Cl)cc1)N(c1ccc(N(C)[C@H]3CC[C@H](N4CCN(CCOCCOCCOCCOCCOCCNc5cccc6c5CN(C5CCC(=O)NC5=O)C6=O)CC4)CC3)cc1)C(=O)C2. The molecule has 4 amide bonds. The van der Waals surface area contributed by atoms with Crippen LogP contribution < -0.4 is 29.9 Å². The lowest BCUT2D eigenvalue weighted by Gasteiger charge is -2.43. The Morgan fingerprint density at radius 3 is 2.02 bits per heavy atom. The molecule has 3 fully saturated rings. The van der Waals surface area contributed by atoms with Crippen LogP contribution in [0.1, 0.15) is 91.0 Å². The van der Waals surface area contributed by atoms with Crippen LogP contribution in [-0.4, -0.2) is 182 Å². The molecule has 2 saturated heterocycles. The van der Waals surface area contributed by atoms with Crippen molar-refractivity contribution in [3.63, 3.8) is 0 Å². The normalized spacial score (nSPS) is 20.7. The topological polar surface area (TPSA) is 173 Å². The van der Waals surface area contributed by atoms with E-state index in [0.717, 1.165) is 84.9 Å². The van der Waals surface area contributed by atoms with Gasteiger partial charge < -0.3 is 53.2 Å². The van der Waals surface area contributed by atoms with Crippen LogP contribution in [0.3, 0.4) is 0 Å². The maximum absolute atomic E-state index is 14.1. The number of hydrogen-bond acceptors (Lipinski definition) is 15. The van der Waals surface area contributed by atoms with Gasteiger partial charge >= 0.3 is 0 Å². The molecule has 4 aromatic rings. The predicted octanol–water partition coefficient (Wildman–Crippen LogP) is 7.14. The Morgan fingerprint density at radius 2 is 1.39 bits per heavy atom. The second-order valence-electron chi connectivity index (χ2n) is 21.5. The summed E-state index contributed by atoms with van der Waals surface area (Å²) in [4.78, 5) is 62.3. The fourth-order valence-electron chi connectivity index (χ4n) is 11.7. The zero-order chi connectivity index (χ0) is 56.0. The molecule has 4 heterocycles. The lowest BCUT2D eigenvalue weighted by Crippen LogP contribution is -2.52. The largest absolute Gasteiger partial charge is 0.493 e. The Bertz CT molecular complexity index is 2700. The molecule has 0 radical (unpaired) electrons. The second kappa shape index (κ2) is 28.7. The van der Waals surface area contributed by atoms with E-state index in [0.29, 0.717) is 120 Å². The number of piperazine rings is 1. The van der Waals surface area contributed by atoms with E-state index in [2.05, 4.69) is 56.6 Å². The smallest absolute Gasteiger partial charge is 0.255 e. The Kier molecular flexibility index (Phi) is 21.1. The summed E-state index contributed by atoms with van der Waals surface area (Å²) in [6, 6.07) is 25.8. The first-order valence-corrected chi connectivity index (χ1v) is 29.0. The van der Waals surface area contributed by atoms with Crippen molar-refractivity contribution in [3.8, 4) is 11.5 Å². The van der Waals surface area contributed by atoms with Crippen LogP contribution in [0.4, 0.5) is 17.1 Å². The number of piperidine rings is 1. The van der Waals surface area contributed by atoms with E-state index >= 15 is 0 Å². The molecule has 19 heteroatoms. The lowest BCUT2D eigenvalue weighted by atomic mass is 9.86. The van der Waals surface area contributed by atoms with Crippen molar-refractivity contribution in [2.45, 2.75) is 95.6 Å². The first-order chi connectivity index (χ1) is 38.9. The molecular formula is C61H80ClN7O11. The van der Waals surface area contributed by atoms with Gasteiger partial charge in [0.05, 0.1) is 91.7 Å². The fourth-order valence-corrected chi connectivity index (χ4v) is 11.9. The molecule has 4 aliphatic heterocycles. The molecule has 0 bridgehead atoms. The van der Waals surface area contributed by atoms with Gasteiger partial charge in [-0.25, -0.2) is 0 Å². The van der Waals surface area contributed by atoms with Crippen LogP contribution in [0, 0.1) is 0 Å². The van der Waals surface area contributed by atoms with Crippen molar-refractivity contribution in [1.82, 2.24) is 20.0 Å². The Morgan fingerprint density at radius 1 is 0.738 bits per heavy atom. The minimum absolute atomic E-state index is 0.0226. The predicted molar refractivity (Wildman–Crippen MR) is 307 cm³/mol. The van der Waals surface area contributed by atoms with Gasteiger partial charge in [0, 0.05) is 105 Å². The standard InChI is InChI=1S/C61H80ClN7O11/c1-42(2)80-56-40-51-44(38-55(56)74-4)39-58(71)69(59(51)43-8-10-45(62)11-9-43)49-18-14-47(15-19-49)65(3)46-12-16-48(17-13-46)67-25-23-66(24-26-67)27-29-76-31-33-78-35-37-79-36-34-77-32-30-75-28-22-63-53-7-5-6-50-52(53)41-68(61(50)73)54-20-21-57(70)64-60(54)72/h5-11,14-15,18-19,38,40,42,46,48,54,59,63H,12-13,16-17,20-37,39,41H2,1-4H3,(H,64,70,72)/t46-,48-,54?,59-/m0/s1.